The van der Waals surface area contributed by atoms with Crippen molar-refractivity contribution in [2.75, 3.05) is 0 Å². The van der Waals surface area contributed by atoms with Gasteiger partial charge >= 0.3 is 0 Å². The Labute approximate surface area is 105 Å². The van der Waals surface area contributed by atoms with Crippen molar-refractivity contribution in [1.82, 2.24) is 0 Å². The minimum atomic E-state index is -0.0576. The molecule has 1 aliphatic rings. The van der Waals surface area contributed by atoms with E-state index in [1.807, 2.05) is 0 Å². The highest BCUT2D eigenvalue weighted by molar-refractivity contribution is 5.28. The minimum Gasteiger partial charge on any atom is -0.321 e. The predicted molar refractivity (Wildman–Crippen MR) is 73.9 cm³/mol. The maximum Gasteiger partial charge on any atom is 0.0409 e. The van der Waals surface area contributed by atoms with E-state index in [0.717, 1.165) is 25.2 Å². The monoisotopic (exact) mass is 231 g/mol. The lowest BCUT2D eigenvalue weighted by molar-refractivity contribution is 0.231. The fourth-order valence-electron chi connectivity index (χ4n) is 2.96. The first-order valence-electron chi connectivity index (χ1n) is 7.06. The normalized spacial score (nSPS) is 29.2. The van der Waals surface area contributed by atoms with E-state index in [2.05, 4.69) is 38.1 Å². The maximum atomic E-state index is 6.59. The van der Waals surface area contributed by atoms with Gasteiger partial charge in [-0.1, -0.05) is 44.5 Å². The summed E-state index contributed by atoms with van der Waals surface area (Å²) >= 11 is 0. The number of hydrogen-bond acceptors (Lipinski definition) is 1. The Morgan fingerprint density at radius 2 is 1.71 bits per heavy atom. The molecule has 0 amide bonds. The van der Waals surface area contributed by atoms with Crippen LogP contribution in [-0.4, -0.2) is 0 Å². The summed E-state index contributed by atoms with van der Waals surface area (Å²) in [7, 11) is 0. The van der Waals surface area contributed by atoms with Gasteiger partial charge in [-0.2, -0.15) is 0 Å². The maximum absolute atomic E-state index is 6.59. The van der Waals surface area contributed by atoms with Gasteiger partial charge in [0.05, 0.1) is 0 Å². The summed E-state index contributed by atoms with van der Waals surface area (Å²) in [5, 5.41) is 0. The Morgan fingerprint density at radius 1 is 1.12 bits per heavy atom. The van der Waals surface area contributed by atoms with Gasteiger partial charge in [0.1, 0.15) is 0 Å². The van der Waals surface area contributed by atoms with Gasteiger partial charge in [0, 0.05) is 5.54 Å². The Hall–Kier alpha value is -0.820. The summed E-state index contributed by atoms with van der Waals surface area (Å²) in [5.74, 6) is 0.904. The fraction of sp³-hybridized carbons (Fsp3) is 0.625. The molecule has 1 aromatic carbocycles. The molecule has 0 unspecified atom stereocenters. The summed E-state index contributed by atoms with van der Waals surface area (Å²) in [6, 6.07) is 8.95. The second kappa shape index (κ2) is 5.22. The lowest BCUT2D eigenvalue weighted by Gasteiger charge is -2.37. The summed E-state index contributed by atoms with van der Waals surface area (Å²) in [5.41, 5.74) is 9.27. The van der Waals surface area contributed by atoms with Gasteiger partial charge in [-0.15, -0.1) is 0 Å². The zero-order valence-corrected chi connectivity index (χ0v) is 11.2. The highest BCUT2D eigenvalue weighted by atomic mass is 14.7. The first-order valence-corrected chi connectivity index (χ1v) is 7.06. The van der Waals surface area contributed by atoms with Gasteiger partial charge in [0.2, 0.25) is 0 Å². The van der Waals surface area contributed by atoms with E-state index in [1.165, 1.54) is 30.4 Å². The molecule has 0 aromatic heterocycles. The third-order valence-electron chi connectivity index (χ3n) is 4.51. The predicted octanol–water partition coefficient (Wildman–Crippen LogP) is 4.00. The van der Waals surface area contributed by atoms with E-state index in [0.29, 0.717) is 0 Å². The second-order valence-electron chi connectivity index (χ2n) is 5.56. The molecule has 2 N–H and O–H groups in total. The summed E-state index contributed by atoms with van der Waals surface area (Å²) in [6.45, 7) is 4.49. The van der Waals surface area contributed by atoms with Crippen molar-refractivity contribution in [3.05, 3.63) is 35.4 Å². The van der Waals surface area contributed by atoms with Crippen LogP contribution in [0.4, 0.5) is 0 Å². The highest BCUT2D eigenvalue weighted by Gasteiger charge is 2.32. The third kappa shape index (κ3) is 2.71. The second-order valence-corrected chi connectivity index (χ2v) is 5.56. The smallest absolute Gasteiger partial charge is 0.0409 e. The van der Waals surface area contributed by atoms with Crippen molar-refractivity contribution in [3.63, 3.8) is 0 Å². The Kier molecular flexibility index (Phi) is 3.88. The number of hydrogen-bond donors (Lipinski definition) is 1. The van der Waals surface area contributed by atoms with Crippen molar-refractivity contribution < 1.29 is 0 Å². The van der Waals surface area contributed by atoms with E-state index >= 15 is 0 Å². The molecule has 2 rings (SSSR count). The molecule has 1 aromatic rings. The van der Waals surface area contributed by atoms with Crippen LogP contribution in [-0.2, 0) is 12.0 Å². The molecule has 1 aliphatic carbocycles. The molecule has 1 nitrogen and oxygen atoms in total. The Balaban J connectivity index is 2.10. The van der Waals surface area contributed by atoms with Crippen molar-refractivity contribution in [2.24, 2.45) is 11.7 Å². The number of nitrogens with two attached hydrogens (primary N) is 1. The topological polar surface area (TPSA) is 26.0 Å². The zero-order chi connectivity index (χ0) is 12.3. The molecule has 0 heterocycles. The van der Waals surface area contributed by atoms with E-state index in [1.54, 1.807) is 0 Å². The van der Waals surface area contributed by atoms with Gasteiger partial charge < -0.3 is 5.73 Å². The molecular formula is C16H25N. The van der Waals surface area contributed by atoms with E-state index in [9.17, 15) is 0 Å². The molecule has 0 atom stereocenters. The van der Waals surface area contributed by atoms with Crippen LogP contribution in [0.1, 0.15) is 57.1 Å². The van der Waals surface area contributed by atoms with Crippen LogP contribution in [0.5, 0.6) is 0 Å². The van der Waals surface area contributed by atoms with Crippen molar-refractivity contribution in [3.8, 4) is 0 Å². The molecule has 0 aliphatic heterocycles. The highest BCUT2D eigenvalue weighted by Crippen LogP contribution is 2.38. The molecule has 17 heavy (non-hydrogen) atoms. The quantitative estimate of drug-likeness (QED) is 0.836. The largest absolute Gasteiger partial charge is 0.321 e. The van der Waals surface area contributed by atoms with Crippen molar-refractivity contribution >= 4 is 0 Å². The minimum absolute atomic E-state index is 0.0576. The van der Waals surface area contributed by atoms with Crippen LogP contribution >= 0.6 is 0 Å². The number of aryl methyl sites for hydroxylation is 1. The van der Waals surface area contributed by atoms with Gasteiger partial charge in [0.15, 0.2) is 0 Å². The third-order valence-corrected chi connectivity index (χ3v) is 4.51. The van der Waals surface area contributed by atoms with Gasteiger partial charge in [-0.05, 0) is 49.1 Å². The Bertz CT molecular complexity index is 344. The molecule has 94 valence electrons. The molecule has 0 saturated heterocycles. The van der Waals surface area contributed by atoms with Crippen LogP contribution in [0.2, 0.25) is 0 Å². The molecule has 1 heteroatoms. The SMILES string of the molecule is CCc1ccc(C2(N)CCC(CC)CC2)cc1. The molecule has 0 spiro atoms. The fourth-order valence-corrected chi connectivity index (χ4v) is 2.96. The van der Waals surface area contributed by atoms with Crippen molar-refractivity contribution in [1.29, 1.82) is 0 Å². The zero-order valence-electron chi connectivity index (χ0n) is 11.2. The van der Waals surface area contributed by atoms with Gasteiger partial charge in [0.25, 0.3) is 0 Å². The van der Waals surface area contributed by atoms with Crippen LogP contribution in [0, 0.1) is 5.92 Å². The van der Waals surface area contributed by atoms with Crippen molar-refractivity contribution in [2.45, 2.75) is 57.9 Å². The lowest BCUT2D eigenvalue weighted by atomic mass is 9.72. The van der Waals surface area contributed by atoms with Crippen LogP contribution in [0.15, 0.2) is 24.3 Å². The first kappa shape index (κ1) is 12.6. The molecular weight excluding hydrogens is 206 g/mol. The van der Waals surface area contributed by atoms with E-state index in [4.69, 9.17) is 5.73 Å². The summed E-state index contributed by atoms with van der Waals surface area (Å²) < 4.78 is 0. The average Bonchev–Trinajstić information content (AvgIpc) is 2.40. The van der Waals surface area contributed by atoms with E-state index < -0.39 is 0 Å². The Morgan fingerprint density at radius 3 is 2.18 bits per heavy atom. The lowest BCUT2D eigenvalue weighted by Crippen LogP contribution is -2.40. The van der Waals surface area contributed by atoms with Gasteiger partial charge in [-0.25, -0.2) is 0 Å². The van der Waals surface area contributed by atoms with Crippen LogP contribution < -0.4 is 5.73 Å². The molecule has 0 bridgehead atoms. The van der Waals surface area contributed by atoms with Crippen LogP contribution in [0.25, 0.3) is 0 Å². The van der Waals surface area contributed by atoms with Crippen LogP contribution in [0.3, 0.4) is 0 Å². The number of benzene rings is 1. The first-order chi connectivity index (χ1) is 8.18. The van der Waals surface area contributed by atoms with E-state index in [-0.39, 0.29) is 5.54 Å². The molecule has 0 radical (unpaired) electrons. The molecule has 1 fully saturated rings. The number of rotatable bonds is 3. The standard InChI is InChI=1S/C16H25N/c1-3-13-5-7-15(8-6-13)16(17)11-9-14(4-2)10-12-16/h5-8,14H,3-4,9-12,17H2,1-2H3. The summed E-state index contributed by atoms with van der Waals surface area (Å²) in [6.07, 6.45) is 7.31. The molecule has 1 saturated carbocycles. The average molecular weight is 231 g/mol. The summed E-state index contributed by atoms with van der Waals surface area (Å²) in [4.78, 5) is 0. The van der Waals surface area contributed by atoms with Gasteiger partial charge in [-0.3, -0.25) is 0 Å².